The normalized spacial score (nSPS) is 13.3. The van der Waals surface area contributed by atoms with Gasteiger partial charge in [0.2, 0.25) is 0 Å². The highest BCUT2D eigenvalue weighted by molar-refractivity contribution is 4.93. The summed E-state index contributed by atoms with van der Waals surface area (Å²) in [7, 11) is 0. The molecule has 3 heteroatoms. The van der Waals surface area contributed by atoms with Gasteiger partial charge in [0.05, 0.1) is 0 Å². The lowest BCUT2D eigenvalue weighted by Gasteiger charge is -2.14. The molecule has 1 N–H and O–H groups in total. The second-order valence-corrected chi connectivity index (χ2v) is 4.99. The first-order valence-corrected chi connectivity index (χ1v) is 6.34. The van der Waals surface area contributed by atoms with Crippen molar-refractivity contribution in [1.29, 1.82) is 0 Å². The number of hydrogen-bond donors (Lipinski definition) is 1. The predicted molar refractivity (Wildman–Crippen MR) is 68.5 cm³/mol. The number of nitrogens with zero attached hydrogens (tertiary/aromatic N) is 2. The van der Waals surface area contributed by atoms with Crippen LogP contribution in [0.15, 0.2) is 12.4 Å². The van der Waals surface area contributed by atoms with Gasteiger partial charge < -0.3 is 9.88 Å². The van der Waals surface area contributed by atoms with Crippen LogP contribution in [0.5, 0.6) is 0 Å². The zero-order valence-corrected chi connectivity index (χ0v) is 11.0. The molecule has 92 valence electrons. The van der Waals surface area contributed by atoms with E-state index in [0.717, 1.165) is 32.0 Å². The summed E-state index contributed by atoms with van der Waals surface area (Å²) in [6, 6.07) is 0. The van der Waals surface area contributed by atoms with E-state index in [1.807, 2.05) is 6.20 Å². The van der Waals surface area contributed by atoms with Crippen LogP contribution >= 0.6 is 0 Å². The van der Waals surface area contributed by atoms with Gasteiger partial charge in [0.1, 0.15) is 5.82 Å². The first-order valence-electron chi connectivity index (χ1n) is 6.34. The lowest BCUT2D eigenvalue weighted by Crippen LogP contribution is -2.26. The second-order valence-electron chi connectivity index (χ2n) is 4.99. The summed E-state index contributed by atoms with van der Waals surface area (Å²) in [5, 5.41) is 3.50. The summed E-state index contributed by atoms with van der Waals surface area (Å²) in [5.74, 6) is 2.58. The van der Waals surface area contributed by atoms with Gasteiger partial charge in [-0.1, -0.05) is 20.8 Å². The predicted octanol–water partition coefficient (Wildman–Crippen LogP) is 2.33. The molecule has 1 rings (SSSR count). The van der Waals surface area contributed by atoms with Gasteiger partial charge in [-0.3, -0.25) is 0 Å². The second kappa shape index (κ2) is 6.69. The largest absolute Gasteiger partial charge is 0.335 e. The molecule has 1 aromatic rings. The van der Waals surface area contributed by atoms with Gasteiger partial charge >= 0.3 is 0 Å². The van der Waals surface area contributed by atoms with Gasteiger partial charge in [0.15, 0.2) is 0 Å². The van der Waals surface area contributed by atoms with Crippen molar-refractivity contribution < 1.29 is 0 Å². The molecule has 16 heavy (non-hydrogen) atoms. The van der Waals surface area contributed by atoms with Crippen LogP contribution in [0.2, 0.25) is 0 Å². The standard InChI is InChI=1S/C13H25N3/c1-5-16-7-6-15-13(16)8-12(4)10-14-9-11(2)3/h6-7,11-12,14H,5,8-10H2,1-4H3. The van der Waals surface area contributed by atoms with Crippen molar-refractivity contribution in [1.82, 2.24) is 14.9 Å². The molecule has 0 radical (unpaired) electrons. The molecule has 0 aliphatic heterocycles. The minimum absolute atomic E-state index is 0.645. The third-order valence-electron chi connectivity index (χ3n) is 2.72. The molecule has 1 atom stereocenters. The summed E-state index contributed by atoms with van der Waals surface area (Å²) in [6.07, 6.45) is 5.02. The van der Waals surface area contributed by atoms with E-state index in [9.17, 15) is 0 Å². The Morgan fingerprint density at radius 3 is 2.69 bits per heavy atom. The molecule has 0 aromatic carbocycles. The molecule has 0 saturated carbocycles. The van der Waals surface area contributed by atoms with Crippen molar-refractivity contribution in [3.63, 3.8) is 0 Å². The number of nitrogens with one attached hydrogen (secondary N) is 1. The van der Waals surface area contributed by atoms with Crippen LogP contribution in [0, 0.1) is 11.8 Å². The van der Waals surface area contributed by atoms with Crippen molar-refractivity contribution in [2.75, 3.05) is 13.1 Å². The highest BCUT2D eigenvalue weighted by Crippen LogP contribution is 2.06. The highest BCUT2D eigenvalue weighted by Gasteiger charge is 2.07. The van der Waals surface area contributed by atoms with Crippen LogP contribution in [0.4, 0.5) is 0 Å². The molecule has 0 fully saturated rings. The van der Waals surface area contributed by atoms with E-state index in [0.29, 0.717) is 5.92 Å². The zero-order valence-electron chi connectivity index (χ0n) is 11.0. The van der Waals surface area contributed by atoms with E-state index >= 15 is 0 Å². The summed E-state index contributed by atoms with van der Waals surface area (Å²) in [6.45, 7) is 12.1. The molecule has 1 heterocycles. The number of aryl methyl sites for hydroxylation is 1. The van der Waals surface area contributed by atoms with Crippen LogP contribution < -0.4 is 5.32 Å². The average molecular weight is 223 g/mol. The highest BCUT2D eigenvalue weighted by atomic mass is 15.1. The number of imidazole rings is 1. The average Bonchev–Trinajstić information content (AvgIpc) is 2.64. The molecule has 0 spiro atoms. The molecule has 3 nitrogen and oxygen atoms in total. The molecule has 0 aliphatic rings. The Labute approximate surface area is 99.3 Å². The summed E-state index contributed by atoms with van der Waals surface area (Å²) < 4.78 is 2.22. The Morgan fingerprint density at radius 2 is 2.06 bits per heavy atom. The van der Waals surface area contributed by atoms with E-state index in [1.54, 1.807) is 0 Å². The van der Waals surface area contributed by atoms with Gasteiger partial charge in [-0.05, 0) is 31.8 Å². The summed E-state index contributed by atoms with van der Waals surface area (Å²) >= 11 is 0. The molecule has 1 unspecified atom stereocenters. The van der Waals surface area contributed by atoms with Gasteiger partial charge in [0, 0.05) is 25.4 Å². The Kier molecular flexibility index (Phi) is 5.53. The van der Waals surface area contributed by atoms with Crippen LogP contribution in [0.1, 0.15) is 33.5 Å². The monoisotopic (exact) mass is 223 g/mol. The number of rotatable bonds is 7. The van der Waals surface area contributed by atoms with E-state index < -0.39 is 0 Å². The van der Waals surface area contributed by atoms with Gasteiger partial charge in [-0.25, -0.2) is 4.98 Å². The van der Waals surface area contributed by atoms with E-state index in [4.69, 9.17) is 0 Å². The maximum Gasteiger partial charge on any atom is 0.108 e. The van der Waals surface area contributed by atoms with E-state index in [1.165, 1.54) is 5.82 Å². The fourth-order valence-corrected chi connectivity index (χ4v) is 1.82. The fourth-order valence-electron chi connectivity index (χ4n) is 1.82. The Balaban J connectivity index is 2.31. The lowest BCUT2D eigenvalue weighted by molar-refractivity contribution is 0.461. The summed E-state index contributed by atoms with van der Waals surface area (Å²) in [5.41, 5.74) is 0. The smallest absolute Gasteiger partial charge is 0.108 e. The fraction of sp³-hybridized carbons (Fsp3) is 0.769. The molecule has 0 amide bonds. The maximum absolute atomic E-state index is 4.41. The number of hydrogen-bond acceptors (Lipinski definition) is 2. The van der Waals surface area contributed by atoms with E-state index in [2.05, 4.69) is 48.8 Å². The lowest BCUT2D eigenvalue weighted by atomic mass is 10.1. The quantitative estimate of drug-likeness (QED) is 0.769. The number of aromatic nitrogens is 2. The van der Waals surface area contributed by atoms with Crippen molar-refractivity contribution in [2.24, 2.45) is 11.8 Å². The molecular weight excluding hydrogens is 198 g/mol. The Morgan fingerprint density at radius 1 is 1.31 bits per heavy atom. The molecule has 1 aromatic heterocycles. The van der Waals surface area contributed by atoms with Crippen molar-refractivity contribution in [3.8, 4) is 0 Å². The molecular formula is C13H25N3. The van der Waals surface area contributed by atoms with Crippen LogP contribution in [0.25, 0.3) is 0 Å². The minimum atomic E-state index is 0.645. The maximum atomic E-state index is 4.41. The third kappa shape index (κ3) is 4.35. The van der Waals surface area contributed by atoms with E-state index in [-0.39, 0.29) is 0 Å². The van der Waals surface area contributed by atoms with Gasteiger partial charge in [0.25, 0.3) is 0 Å². The molecule has 0 bridgehead atoms. The van der Waals surface area contributed by atoms with Crippen LogP contribution in [-0.2, 0) is 13.0 Å². The first-order chi connectivity index (χ1) is 7.63. The molecule has 0 aliphatic carbocycles. The first kappa shape index (κ1) is 13.2. The Hall–Kier alpha value is -0.830. The van der Waals surface area contributed by atoms with Crippen LogP contribution in [-0.4, -0.2) is 22.6 Å². The third-order valence-corrected chi connectivity index (χ3v) is 2.72. The van der Waals surface area contributed by atoms with Gasteiger partial charge in [-0.15, -0.1) is 0 Å². The Bertz CT molecular complexity index is 291. The van der Waals surface area contributed by atoms with Crippen molar-refractivity contribution in [3.05, 3.63) is 18.2 Å². The minimum Gasteiger partial charge on any atom is -0.335 e. The summed E-state index contributed by atoms with van der Waals surface area (Å²) in [4.78, 5) is 4.41. The molecule has 0 saturated heterocycles. The van der Waals surface area contributed by atoms with Crippen LogP contribution in [0.3, 0.4) is 0 Å². The topological polar surface area (TPSA) is 29.9 Å². The van der Waals surface area contributed by atoms with Gasteiger partial charge in [-0.2, -0.15) is 0 Å². The van der Waals surface area contributed by atoms with Crippen molar-refractivity contribution in [2.45, 2.75) is 40.7 Å². The van der Waals surface area contributed by atoms with Crippen molar-refractivity contribution >= 4 is 0 Å². The SMILES string of the molecule is CCn1ccnc1CC(C)CNCC(C)C. The zero-order chi connectivity index (χ0) is 12.0.